The number of anilines is 1. The smallest absolute Gasteiger partial charge is 0.294 e. The van der Waals surface area contributed by atoms with E-state index >= 15 is 0 Å². The molecule has 1 unspecified atom stereocenters. The Labute approximate surface area is 118 Å². The number of aliphatic hydroxyl groups is 1. The van der Waals surface area contributed by atoms with E-state index in [1.807, 2.05) is 13.8 Å². The molecule has 0 bridgehead atoms. The molecule has 0 heterocycles. The summed E-state index contributed by atoms with van der Waals surface area (Å²) in [7, 11) is -4.21. The van der Waals surface area contributed by atoms with E-state index < -0.39 is 16.3 Å². The van der Waals surface area contributed by atoms with Crippen LogP contribution in [-0.4, -0.2) is 24.3 Å². The van der Waals surface area contributed by atoms with E-state index in [1.165, 1.54) is 12.1 Å². The van der Waals surface area contributed by atoms with Crippen molar-refractivity contribution in [3.63, 3.8) is 0 Å². The summed E-state index contributed by atoms with van der Waals surface area (Å²) < 4.78 is 31.3. The first-order valence-electron chi connectivity index (χ1n) is 6.24. The van der Waals surface area contributed by atoms with Crippen LogP contribution in [0.1, 0.15) is 13.8 Å². The molecule has 0 saturated carbocycles. The molecule has 0 amide bonds. The zero-order valence-corrected chi connectivity index (χ0v) is 12.1. The number of hydrogen-bond acceptors (Lipinski definition) is 4. The molecule has 2 rings (SSSR count). The molecule has 5 nitrogen and oxygen atoms in total. The maximum Gasteiger partial charge on any atom is 0.294 e. The van der Waals surface area contributed by atoms with Gasteiger partial charge >= 0.3 is 0 Å². The highest BCUT2D eigenvalue weighted by molar-refractivity contribution is 7.85. The van der Waals surface area contributed by atoms with Gasteiger partial charge in [-0.3, -0.25) is 4.55 Å². The van der Waals surface area contributed by atoms with Gasteiger partial charge in [-0.1, -0.05) is 32.0 Å². The van der Waals surface area contributed by atoms with E-state index in [1.54, 1.807) is 24.3 Å². The van der Waals surface area contributed by atoms with Gasteiger partial charge in [0, 0.05) is 11.1 Å². The third-order valence-corrected chi connectivity index (χ3v) is 3.93. The minimum atomic E-state index is -4.21. The highest BCUT2D eigenvalue weighted by Gasteiger charge is 2.13. The fourth-order valence-electron chi connectivity index (χ4n) is 1.87. The normalized spacial score (nSPS) is 13.7. The number of aliphatic hydroxyl groups excluding tert-OH is 1. The predicted octanol–water partition coefficient (Wildman–Crippen LogP) is 2.47. The van der Waals surface area contributed by atoms with Crippen molar-refractivity contribution in [3.05, 3.63) is 36.4 Å². The van der Waals surface area contributed by atoms with Crippen LogP contribution in [0, 0.1) is 5.92 Å². The summed E-state index contributed by atoms with van der Waals surface area (Å²) in [5.74, 6) is 0.0438. The molecule has 0 saturated heterocycles. The summed E-state index contributed by atoms with van der Waals surface area (Å²) in [6, 6.07) is 9.65. The van der Waals surface area contributed by atoms with Crippen LogP contribution >= 0.6 is 0 Å². The SMILES string of the molecule is CC(C)C(O)Nc1cccc2cc(S(=O)(=O)O)ccc12. The van der Waals surface area contributed by atoms with Gasteiger partial charge in [-0.2, -0.15) is 8.42 Å². The highest BCUT2D eigenvalue weighted by atomic mass is 32.2. The van der Waals surface area contributed by atoms with Gasteiger partial charge in [-0.05, 0) is 29.5 Å². The highest BCUT2D eigenvalue weighted by Crippen LogP contribution is 2.26. The summed E-state index contributed by atoms with van der Waals surface area (Å²) in [5.41, 5.74) is 0.714. The molecule has 0 spiro atoms. The maximum atomic E-state index is 11.1. The fourth-order valence-corrected chi connectivity index (χ4v) is 2.39. The van der Waals surface area contributed by atoms with E-state index in [-0.39, 0.29) is 10.8 Å². The predicted molar refractivity (Wildman–Crippen MR) is 78.2 cm³/mol. The van der Waals surface area contributed by atoms with Crippen molar-refractivity contribution in [2.75, 3.05) is 5.32 Å². The van der Waals surface area contributed by atoms with Crippen molar-refractivity contribution < 1.29 is 18.1 Å². The Hall–Kier alpha value is -1.63. The van der Waals surface area contributed by atoms with E-state index in [0.29, 0.717) is 11.1 Å². The van der Waals surface area contributed by atoms with Crippen molar-refractivity contribution >= 4 is 26.6 Å². The number of nitrogens with one attached hydrogen (secondary N) is 1. The Morgan fingerprint density at radius 1 is 1.15 bits per heavy atom. The lowest BCUT2D eigenvalue weighted by molar-refractivity contribution is 0.153. The first-order chi connectivity index (χ1) is 9.29. The third-order valence-electron chi connectivity index (χ3n) is 3.08. The lowest BCUT2D eigenvalue weighted by Crippen LogP contribution is -2.24. The Balaban J connectivity index is 2.49. The van der Waals surface area contributed by atoms with Crippen LogP contribution in [0.15, 0.2) is 41.3 Å². The van der Waals surface area contributed by atoms with Crippen LogP contribution in [-0.2, 0) is 10.1 Å². The molecule has 0 aromatic heterocycles. The van der Waals surface area contributed by atoms with Crippen LogP contribution in [0.4, 0.5) is 5.69 Å². The summed E-state index contributed by atoms with van der Waals surface area (Å²) in [6.45, 7) is 3.78. The molecule has 1 atom stereocenters. The summed E-state index contributed by atoms with van der Waals surface area (Å²) in [4.78, 5) is -0.147. The topological polar surface area (TPSA) is 86.6 Å². The van der Waals surface area contributed by atoms with Crippen molar-refractivity contribution in [1.29, 1.82) is 0 Å². The molecule has 0 aliphatic heterocycles. The van der Waals surface area contributed by atoms with Gasteiger partial charge in [0.1, 0.15) is 6.23 Å². The monoisotopic (exact) mass is 295 g/mol. The minimum Gasteiger partial charge on any atom is -0.374 e. The quantitative estimate of drug-likeness (QED) is 0.596. The zero-order valence-electron chi connectivity index (χ0n) is 11.2. The Kier molecular flexibility index (Phi) is 3.99. The van der Waals surface area contributed by atoms with Crippen molar-refractivity contribution in [3.8, 4) is 0 Å². The van der Waals surface area contributed by atoms with Crippen molar-refractivity contribution in [1.82, 2.24) is 0 Å². The lowest BCUT2D eigenvalue weighted by atomic mass is 10.1. The first-order valence-corrected chi connectivity index (χ1v) is 7.68. The fraction of sp³-hybridized carbons (Fsp3) is 0.286. The van der Waals surface area contributed by atoms with E-state index in [4.69, 9.17) is 4.55 Å². The average Bonchev–Trinajstić information content (AvgIpc) is 2.37. The van der Waals surface area contributed by atoms with Gasteiger partial charge in [-0.15, -0.1) is 0 Å². The molecule has 0 fully saturated rings. The van der Waals surface area contributed by atoms with Crippen LogP contribution in [0.5, 0.6) is 0 Å². The molecular weight excluding hydrogens is 278 g/mol. The van der Waals surface area contributed by atoms with Gasteiger partial charge in [0.05, 0.1) is 4.90 Å². The Morgan fingerprint density at radius 2 is 1.85 bits per heavy atom. The van der Waals surface area contributed by atoms with E-state index in [9.17, 15) is 13.5 Å². The molecule has 0 aliphatic carbocycles. The second-order valence-corrected chi connectivity index (χ2v) is 6.42. The van der Waals surface area contributed by atoms with Crippen LogP contribution in [0.3, 0.4) is 0 Å². The molecule has 2 aromatic rings. The standard InChI is InChI=1S/C14H17NO4S/c1-9(2)14(16)15-13-5-3-4-10-8-11(20(17,18)19)6-7-12(10)13/h3-9,14-16H,1-2H3,(H,17,18,19). The summed E-state index contributed by atoms with van der Waals surface area (Å²) in [5, 5.41) is 14.3. The number of fused-ring (bicyclic) bond motifs is 1. The molecule has 2 aromatic carbocycles. The molecule has 3 N–H and O–H groups in total. The molecule has 6 heteroatoms. The minimum absolute atomic E-state index is 0.0438. The van der Waals surface area contributed by atoms with Gasteiger partial charge in [0.25, 0.3) is 10.1 Å². The van der Waals surface area contributed by atoms with Gasteiger partial charge in [0.15, 0.2) is 0 Å². The van der Waals surface area contributed by atoms with E-state index in [0.717, 1.165) is 5.39 Å². The van der Waals surface area contributed by atoms with Gasteiger partial charge in [0.2, 0.25) is 0 Å². The largest absolute Gasteiger partial charge is 0.374 e. The average molecular weight is 295 g/mol. The van der Waals surface area contributed by atoms with Crippen molar-refractivity contribution in [2.24, 2.45) is 5.92 Å². The molecular formula is C14H17NO4S. The van der Waals surface area contributed by atoms with Crippen LogP contribution in [0.25, 0.3) is 10.8 Å². The number of hydrogen-bond donors (Lipinski definition) is 3. The van der Waals surface area contributed by atoms with Crippen LogP contribution < -0.4 is 5.32 Å². The molecule has 108 valence electrons. The molecule has 0 radical (unpaired) electrons. The second kappa shape index (κ2) is 5.40. The maximum absolute atomic E-state index is 11.1. The summed E-state index contributed by atoms with van der Waals surface area (Å²) >= 11 is 0. The number of benzene rings is 2. The van der Waals surface area contributed by atoms with Crippen LogP contribution in [0.2, 0.25) is 0 Å². The Bertz CT molecular complexity index is 725. The first kappa shape index (κ1) is 14.8. The van der Waals surface area contributed by atoms with Gasteiger partial charge < -0.3 is 10.4 Å². The van der Waals surface area contributed by atoms with Crippen molar-refractivity contribution in [2.45, 2.75) is 25.0 Å². The lowest BCUT2D eigenvalue weighted by Gasteiger charge is -2.19. The number of rotatable bonds is 4. The molecule has 0 aliphatic rings. The summed E-state index contributed by atoms with van der Waals surface area (Å²) in [6.07, 6.45) is -0.693. The second-order valence-electron chi connectivity index (χ2n) is 5.00. The molecule has 20 heavy (non-hydrogen) atoms. The third kappa shape index (κ3) is 3.09. The van der Waals surface area contributed by atoms with E-state index in [2.05, 4.69) is 5.32 Å². The Morgan fingerprint density at radius 3 is 2.45 bits per heavy atom. The zero-order chi connectivity index (χ0) is 14.9. The van der Waals surface area contributed by atoms with Gasteiger partial charge in [-0.25, -0.2) is 0 Å².